The minimum Gasteiger partial charge on any atom is -0.409 e. The summed E-state index contributed by atoms with van der Waals surface area (Å²) in [5.41, 5.74) is 5.73. The van der Waals surface area contributed by atoms with Gasteiger partial charge in [-0.2, -0.15) is 4.80 Å². The highest BCUT2D eigenvalue weighted by Crippen LogP contribution is 2.11. The Balaban J connectivity index is 1.85. The molecule has 2 heterocycles. The van der Waals surface area contributed by atoms with Crippen LogP contribution in [0.4, 0.5) is 0 Å². The molecule has 2 rings (SSSR count). The number of hydrogen-bond acceptors (Lipinski definition) is 7. The van der Waals surface area contributed by atoms with E-state index in [-0.39, 0.29) is 11.9 Å². The van der Waals surface area contributed by atoms with Crippen molar-refractivity contribution in [3.63, 3.8) is 0 Å². The van der Waals surface area contributed by atoms with Crippen LogP contribution in [0.15, 0.2) is 5.16 Å². The summed E-state index contributed by atoms with van der Waals surface area (Å²) in [6, 6.07) is 0.0109. The van der Waals surface area contributed by atoms with Crippen molar-refractivity contribution >= 4 is 5.84 Å². The summed E-state index contributed by atoms with van der Waals surface area (Å²) in [7, 11) is 1.76. The summed E-state index contributed by atoms with van der Waals surface area (Å²) in [5.74, 6) is 1.03. The predicted molar refractivity (Wildman–Crippen MR) is 73.1 cm³/mol. The average Bonchev–Trinajstić information content (AvgIpc) is 2.86. The molecule has 0 bridgehead atoms. The van der Waals surface area contributed by atoms with Crippen molar-refractivity contribution in [1.82, 2.24) is 30.0 Å². The first-order valence-electron chi connectivity index (χ1n) is 6.80. The van der Waals surface area contributed by atoms with Gasteiger partial charge < -0.3 is 10.9 Å². The largest absolute Gasteiger partial charge is 0.409 e. The number of nitrogens with zero attached hydrogens (tertiary/aromatic N) is 7. The second-order valence-corrected chi connectivity index (χ2v) is 4.96. The molecule has 0 radical (unpaired) electrons. The van der Waals surface area contributed by atoms with Crippen LogP contribution >= 0.6 is 0 Å². The van der Waals surface area contributed by atoms with Crippen LogP contribution in [0.25, 0.3) is 0 Å². The van der Waals surface area contributed by atoms with Crippen LogP contribution in [-0.2, 0) is 13.6 Å². The summed E-state index contributed by atoms with van der Waals surface area (Å²) in [4.78, 5) is 6.00. The zero-order chi connectivity index (χ0) is 14.5. The van der Waals surface area contributed by atoms with Gasteiger partial charge in [0.05, 0.1) is 19.6 Å². The topological polar surface area (TPSA) is 109 Å². The summed E-state index contributed by atoms with van der Waals surface area (Å²) >= 11 is 0. The number of piperazine rings is 1. The van der Waals surface area contributed by atoms with Gasteiger partial charge in [-0.3, -0.25) is 9.80 Å². The van der Waals surface area contributed by atoms with E-state index in [9.17, 15) is 0 Å². The zero-order valence-corrected chi connectivity index (χ0v) is 12.0. The number of aromatic nitrogens is 4. The van der Waals surface area contributed by atoms with Gasteiger partial charge >= 0.3 is 0 Å². The highest BCUT2D eigenvalue weighted by Gasteiger charge is 2.25. The Hall–Kier alpha value is -1.74. The number of oxime groups is 1. The molecule has 0 aromatic carbocycles. The molecular formula is C11H22N8O. The monoisotopic (exact) mass is 282 g/mol. The Kier molecular flexibility index (Phi) is 4.85. The molecule has 0 amide bonds. The van der Waals surface area contributed by atoms with E-state index in [1.165, 1.54) is 4.80 Å². The van der Waals surface area contributed by atoms with E-state index in [4.69, 9.17) is 10.9 Å². The molecule has 0 saturated carbocycles. The number of nitrogens with two attached hydrogens (primary N) is 1. The van der Waals surface area contributed by atoms with E-state index in [1.807, 2.05) is 6.92 Å². The van der Waals surface area contributed by atoms with Crippen molar-refractivity contribution in [3.8, 4) is 0 Å². The fraction of sp³-hybridized carbons (Fsp3) is 0.818. The lowest BCUT2D eigenvalue weighted by Crippen LogP contribution is -2.53. The molecule has 3 N–H and O–H groups in total. The fourth-order valence-electron chi connectivity index (χ4n) is 2.54. The standard InChI is InChI=1S/C11H22N8O/c1-3-9(11(12)15-20)19-6-4-18(5-7-19)8-10-13-16-17(2)14-10/h9,20H,3-8H2,1-2H3,(H2,12,15). The minimum absolute atomic E-state index is 0.0109. The Morgan fingerprint density at radius 2 is 2.10 bits per heavy atom. The Labute approximate surface area is 118 Å². The zero-order valence-electron chi connectivity index (χ0n) is 12.0. The van der Waals surface area contributed by atoms with Crippen LogP contribution in [-0.4, -0.2) is 73.3 Å². The maximum atomic E-state index is 8.82. The molecule has 1 aliphatic heterocycles. The molecular weight excluding hydrogens is 260 g/mol. The number of amidine groups is 1. The van der Waals surface area contributed by atoms with E-state index in [1.54, 1.807) is 7.05 Å². The normalized spacial score (nSPS) is 20.2. The molecule has 1 unspecified atom stereocenters. The number of tetrazole rings is 1. The van der Waals surface area contributed by atoms with Gasteiger partial charge in [0, 0.05) is 26.2 Å². The fourth-order valence-corrected chi connectivity index (χ4v) is 2.54. The average molecular weight is 282 g/mol. The van der Waals surface area contributed by atoms with Gasteiger partial charge in [-0.25, -0.2) is 0 Å². The van der Waals surface area contributed by atoms with Gasteiger partial charge in [-0.1, -0.05) is 12.1 Å². The summed E-state index contributed by atoms with van der Waals surface area (Å²) in [6.45, 7) is 6.34. The van der Waals surface area contributed by atoms with Gasteiger partial charge in [0.2, 0.25) is 0 Å². The second kappa shape index (κ2) is 6.62. The number of rotatable bonds is 5. The molecule has 1 aromatic heterocycles. The van der Waals surface area contributed by atoms with Gasteiger partial charge in [0.15, 0.2) is 11.7 Å². The molecule has 9 heteroatoms. The summed E-state index contributed by atoms with van der Waals surface area (Å²) in [6.07, 6.45) is 0.835. The Bertz CT molecular complexity index is 451. The highest BCUT2D eigenvalue weighted by molar-refractivity contribution is 5.85. The first kappa shape index (κ1) is 14.7. The molecule has 112 valence electrons. The molecule has 1 fully saturated rings. The molecule has 1 atom stereocenters. The van der Waals surface area contributed by atoms with E-state index in [0.717, 1.165) is 38.4 Å². The van der Waals surface area contributed by atoms with Crippen LogP contribution in [0.1, 0.15) is 19.2 Å². The first-order valence-corrected chi connectivity index (χ1v) is 6.80. The lowest BCUT2D eigenvalue weighted by atomic mass is 10.1. The van der Waals surface area contributed by atoms with Gasteiger partial charge in [0.25, 0.3) is 0 Å². The predicted octanol–water partition coefficient (Wildman–Crippen LogP) is -1.15. The van der Waals surface area contributed by atoms with Gasteiger partial charge in [-0.05, 0) is 11.6 Å². The molecule has 1 saturated heterocycles. The number of aryl methyl sites for hydroxylation is 1. The van der Waals surface area contributed by atoms with Crippen molar-refractivity contribution in [2.45, 2.75) is 25.9 Å². The minimum atomic E-state index is 0.0109. The molecule has 1 aromatic rings. The van der Waals surface area contributed by atoms with Gasteiger partial charge in [-0.15, -0.1) is 10.2 Å². The maximum Gasteiger partial charge on any atom is 0.188 e. The van der Waals surface area contributed by atoms with E-state index in [2.05, 4.69) is 30.4 Å². The summed E-state index contributed by atoms with van der Waals surface area (Å²) < 4.78 is 0. The third-order valence-electron chi connectivity index (χ3n) is 3.61. The Morgan fingerprint density at radius 1 is 1.40 bits per heavy atom. The van der Waals surface area contributed by atoms with Crippen molar-refractivity contribution in [3.05, 3.63) is 5.82 Å². The highest BCUT2D eigenvalue weighted by atomic mass is 16.4. The summed E-state index contributed by atoms with van der Waals surface area (Å²) in [5, 5.41) is 24.0. The third-order valence-corrected chi connectivity index (χ3v) is 3.61. The third kappa shape index (κ3) is 3.42. The Morgan fingerprint density at radius 3 is 2.60 bits per heavy atom. The van der Waals surface area contributed by atoms with Crippen LogP contribution in [0, 0.1) is 0 Å². The van der Waals surface area contributed by atoms with E-state index in [0.29, 0.717) is 6.54 Å². The SMILES string of the molecule is CCC(C(N)=NO)N1CCN(Cc2nnn(C)n2)CC1. The first-order chi connectivity index (χ1) is 9.63. The lowest BCUT2D eigenvalue weighted by Gasteiger charge is -2.38. The smallest absolute Gasteiger partial charge is 0.188 e. The quantitative estimate of drug-likeness (QED) is 0.304. The molecule has 1 aliphatic rings. The van der Waals surface area contributed by atoms with Gasteiger partial charge in [0.1, 0.15) is 0 Å². The molecule has 9 nitrogen and oxygen atoms in total. The lowest BCUT2D eigenvalue weighted by molar-refractivity contribution is 0.108. The van der Waals surface area contributed by atoms with Crippen molar-refractivity contribution < 1.29 is 5.21 Å². The van der Waals surface area contributed by atoms with Crippen molar-refractivity contribution in [2.24, 2.45) is 17.9 Å². The van der Waals surface area contributed by atoms with E-state index < -0.39 is 0 Å². The molecule has 20 heavy (non-hydrogen) atoms. The number of hydrogen-bond donors (Lipinski definition) is 2. The second-order valence-electron chi connectivity index (χ2n) is 4.96. The van der Waals surface area contributed by atoms with Crippen molar-refractivity contribution in [1.29, 1.82) is 0 Å². The van der Waals surface area contributed by atoms with Crippen LogP contribution < -0.4 is 5.73 Å². The van der Waals surface area contributed by atoms with Crippen LogP contribution in [0.3, 0.4) is 0 Å². The maximum absolute atomic E-state index is 8.82. The molecule has 0 aliphatic carbocycles. The van der Waals surface area contributed by atoms with Crippen LogP contribution in [0.5, 0.6) is 0 Å². The van der Waals surface area contributed by atoms with E-state index >= 15 is 0 Å². The molecule has 0 spiro atoms. The van der Waals surface area contributed by atoms with Crippen LogP contribution in [0.2, 0.25) is 0 Å². The van der Waals surface area contributed by atoms with Crippen molar-refractivity contribution in [2.75, 3.05) is 26.2 Å².